The van der Waals surface area contributed by atoms with E-state index in [-0.39, 0.29) is 18.5 Å². The van der Waals surface area contributed by atoms with Crippen LogP contribution in [0.5, 0.6) is 0 Å². The number of likely N-dealkylation sites (N-methyl/N-ethyl adjacent to an activating group) is 1. The zero-order valence-corrected chi connectivity index (χ0v) is 11.2. The predicted octanol–water partition coefficient (Wildman–Crippen LogP) is 0.907. The number of nitrogens with zero attached hydrogens (tertiary/aromatic N) is 2. The van der Waals surface area contributed by atoms with Gasteiger partial charge in [-0.2, -0.15) is 0 Å². The highest BCUT2D eigenvalue weighted by atomic mass is 32.1. The Kier molecular flexibility index (Phi) is 4.11. The van der Waals surface area contributed by atoms with Gasteiger partial charge in [0.1, 0.15) is 11.9 Å². The summed E-state index contributed by atoms with van der Waals surface area (Å²) in [4.78, 5) is 16.8. The fourth-order valence-corrected chi connectivity index (χ4v) is 2.51. The zero-order valence-electron chi connectivity index (χ0n) is 10.4. The molecule has 6 heteroatoms. The first-order chi connectivity index (χ1) is 8.72. The van der Waals surface area contributed by atoms with Crippen LogP contribution in [0.1, 0.15) is 16.7 Å². The molecule has 0 bridgehead atoms. The van der Waals surface area contributed by atoms with Crippen molar-refractivity contribution >= 4 is 17.2 Å². The lowest BCUT2D eigenvalue weighted by atomic mass is 10.2. The van der Waals surface area contributed by atoms with E-state index in [1.165, 1.54) is 0 Å². The number of carbonyl (C=O) groups excluding carboxylic acids is 1. The molecule has 5 nitrogen and oxygen atoms in total. The summed E-state index contributed by atoms with van der Waals surface area (Å²) in [6.45, 7) is 0.270. The topological polar surface area (TPSA) is 59.0 Å². The molecule has 0 fully saturated rings. The minimum atomic E-state index is -0.0534. The molecule has 1 unspecified atom stereocenters. The Hall–Kier alpha value is -1.66. The van der Waals surface area contributed by atoms with E-state index in [1.807, 2.05) is 35.3 Å². The summed E-state index contributed by atoms with van der Waals surface area (Å²) in [6, 6.07) is 3.99. The number of rotatable bonds is 5. The Labute approximate surface area is 110 Å². The average molecular weight is 264 g/mol. The molecule has 0 aliphatic heterocycles. The minimum Gasteiger partial charge on any atom is -0.358 e. The largest absolute Gasteiger partial charge is 0.358 e. The fourth-order valence-electron chi connectivity index (χ4n) is 1.71. The number of aromatic nitrogens is 2. The molecule has 96 valence electrons. The van der Waals surface area contributed by atoms with Gasteiger partial charge in [-0.3, -0.25) is 10.1 Å². The highest BCUT2D eigenvalue weighted by molar-refractivity contribution is 7.10. The van der Waals surface area contributed by atoms with E-state index in [4.69, 9.17) is 0 Å². The lowest BCUT2D eigenvalue weighted by Crippen LogP contribution is -2.34. The number of amides is 1. The molecule has 2 heterocycles. The molecule has 18 heavy (non-hydrogen) atoms. The van der Waals surface area contributed by atoms with E-state index in [0.29, 0.717) is 0 Å². The van der Waals surface area contributed by atoms with Crippen LogP contribution in [0.25, 0.3) is 0 Å². The third-order valence-electron chi connectivity index (χ3n) is 2.69. The molecule has 0 saturated heterocycles. The molecule has 1 atom stereocenters. The van der Waals surface area contributed by atoms with Crippen LogP contribution < -0.4 is 10.6 Å². The molecule has 1 amide bonds. The maximum Gasteiger partial charge on any atom is 0.233 e. The summed E-state index contributed by atoms with van der Waals surface area (Å²) in [5.41, 5.74) is 0. The number of hydrogen-bond acceptors (Lipinski definition) is 4. The Morgan fingerprint density at radius 2 is 2.44 bits per heavy atom. The number of thiophene rings is 1. The number of aryl methyl sites for hydroxylation is 1. The second-order valence-electron chi connectivity index (χ2n) is 3.90. The van der Waals surface area contributed by atoms with Gasteiger partial charge in [0.25, 0.3) is 0 Å². The van der Waals surface area contributed by atoms with E-state index in [2.05, 4.69) is 15.6 Å². The van der Waals surface area contributed by atoms with Crippen LogP contribution >= 0.6 is 11.3 Å². The van der Waals surface area contributed by atoms with E-state index in [0.717, 1.165) is 10.7 Å². The van der Waals surface area contributed by atoms with Gasteiger partial charge in [-0.05, 0) is 11.4 Å². The Morgan fingerprint density at radius 1 is 1.61 bits per heavy atom. The second-order valence-corrected chi connectivity index (χ2v) is 4.88. The van der Waals surface area contributed by atoms with Gasteiger partial charge in [0.2, 0.25) is 5.91 Å². The van der Waals surface area contributed by atoms with Crippen LogP contribution in [0, 0.1) is 0 Å². The van der Waals surface area contributed by atoms with Gasteiger partial charge in [0.05, 0.1) is 6.54 Å². The SMILES string of the molecule is CNC(=O)CNC(c1cccs1)c1nccn1C. The summed E-state index contributed by atoms with van der Waals surface area (Å²) >= 11 is 1.65. The van der Waals surface area contributed by atoms with Crippen molar-refractivity contribution in [2.45, 2.75) is 6.04 Å². The van der Waals surface area contributed by atoms with E-state index in [1.54, 1.807) is 24.6 Å². The smallest absolute Gasteiger partial charge is 0.233 e. The maximum atomic E-state index is 11.3. The lowest BCUT2D eigenvalue weighted by Gasteiger charge is -2.16. The Balaban J connectivity index is 2.19. The molecule has 0 saturated carbocycles. The first kappa shape index (κ1) is 12.8. The number of hydrogen-bond donors (Lipinski definition) is 2. The van der Waals surface area contributed by atoms with Gasteiger partial charge in [-0.15, -0.1) is 11.3 Å². The van der Waals surface area contributed by atoms with Crippen LogP contribution in [-0.2, 0) is 11.8 Å². The highest BCUT2D eigenvalue weighted by Gasteiger charge is 2.19. The molecule has 2 aromatic heterocycles. The highest BCUT2D eigenvalue weighted by Crippen LogP contribution is 2.24. The van der Waals surface area contributed by atoms with Crippen molar-refractivity contribution in [3.8, 4) is 0 Å². The monoisotopic (exact) mass is 264 g/mol. The van der Waals surface area contributed by atoms with Gasteiger partial charge < -0.3 is 9.88 Å². The van der Waals surface area contributed by atoms with Crippen molar-refractivity contribution in [3.63, 3.8) is 0 Å². The van der Waals surface area contributed by atoms with Crippen molar-refractivity contribution in [1.29, 1.82) is 0 Å². The third kappa shape index (κ3) is 2.77. The van der Waals surface area contributed by atoms with Crippen molar-refractivity contribution in [2.75, 3.05) is 13.6 Å². The minimum absolute atomic E-state index is 0.0363. The lowest BCUT2D eigenvalue weighted by molar-refractivity contribution is -0.119. The van der Waals surface area contributed by atoms with E-state index < -0.39 is 0 Å². The molecule has 0 aliphatic carbocycles. The quantitative estimate of drug-likeness (QED) is 0.844. The predicted molar refractivity (Wildman–Crippen MR) is 71.4 cm³/mol. The number of imidazole rings is 1. The Morgan fingerprint density at radius 3 is 3.00 bits per heavy atom. The van der Waals surface area contributed by atoms with Crippen LogP contribution in [0.4, 0.5) is 0 Å². The summed E-state index contributed by atoms with van der Waals surface area (Å²) in [5, 5.41) is 7.85. The van der Waals surface area contributed by atoms with Crippen LogP contribution in [0.15, 0.2) is 29.9 Å². The standard InChI is InChI=1S/C12H16N4OS/c1-13-10(17)8-15-11(9-4-3-7-18-9)12-14-5-6-16(12)2/h3-7,11,15H,8H2,1-2H3,(H,13,17). The summed E-state index contributed by atoms with van der Waals surface area (Å²) in [5.74, 6) is 0.868. The van der Waals surface area contributed by atoms with Crippen molar-refractivity contribution in [2.24, 2.45) is 7.05 Å². The third-order valence-corrected chi connectivity index (χ3v) is 3.63. The Bertz CT molecular complexity index is 506. The van der Waals surface area contributed by atoms with Gasteiger partial charge in [-0.1, -0.05) is 6.07 Å². The first-order valence-corrected chi connectivity index (χ1v) is 6.55. The molecule has 0 radical (unpaired) electrons. The molecule has 2 aromatic rings. The summed E-state index contributed by atoms with van der Waals surface area (Å²) in [7, 11) is 3.58. The van der Waals surface area contributed by atoms with Gasteiger partial charge >= 0.3 is 0 Å². The fraction of sp³-hybridized carbons (Fsp3) is 0.333. The summed E-state index contributed by atoms with van der Waals surface area (Å²) in [6.07, 6.45) is 3.66. The van der Waals surface area contributed by atoms with Gasteiger partial charge in [-0.25, -0.2) is 4.98 Å². The number of nitrogens with one attached hydrogen (secondary N) is 2. The van der Waals surface area contributed by atoms with Gasteiger partial charge in [0.15, 0.2) is 0 Å². The van der Waals surface area contributed by atoms with Gasteiger partial charge in [0, 0.05) is 31.4 Å². The zero-order chi connectivity index (χ0) is 13.0. The van der Waals surface area contributed by atoms with Crippen LogP contribution in [-0.4, -0.2) is 29.1 Å². The molecule has 0 spiro atoms. The van der Waals surface area contributed by atoms with E-state index >= 15 is 0 Å². The normalized spacial score (nSPS) is 12.3. The summed E-state index contributed by atoms with van der Waals surface area (Å²) < 4.78 is 1.96. The molecular weight excluding hydrogens is 248 g/mol. The molecule has 0 aromatic carbocycles. The second kappa shape index (κ2) is 5.79. The van der Waals surface area contributed by atoms with E-state index in [9.17, 15) is 4.79 Å². The average Bonchev–Trinajstić information content (AvgIpc) is 3.02. The molecular formula is C12H16N4OS. The molecule has 2 rings (SSSR count). The molecule has 2 N–H and O–H groups in total. The van der Waals surface area contributed by atoms with Crippen LogP contribution in [0.3, 0.4) is 0 Å². The van der Waals surface area contributed by atoms with Crippen molar-refractivity contribution in [3.05, 3.63) is 40.6 Å². The first-order valence-electron chi connectivity index (χ1n) is 5.67. The van der Waals surface area contributed by atoms with Crippen LogP contribution in [0.2, 0.25) is 0 Å². The van der Waals surface area contributed by atoms with Crippen molar-refractivity contribution in [1.82, 2.24) is 20.2 Å². The number of carbonyl (C=O) groups is 1. The molecule has 0 aliphatic rings. The van der Waals surface area contributed by atoms with Crippen molar-refractivity contribution < 1.29 is 4.79 Å². The maximum absolute atomic E-state index is 11.3.